The van der Waals surface area contributed by atoms with Gasteiger partial charge in [-0.2, -0.15) is 0 Å². The Hall–Kier alpha value is -1.98. The lowest BCUT2D eigenvalue weighted by molar-refractivity contribution is -0.384. The molecule has 5 atom stereocenters. The molecule has 2 rings (SSSR count). The average Bonchev–Trinajstić information content (AvgIpc) is 2.56. The number of aliphatic hydroxyl groups excluding tert-OH is 4. The Morgan fingerprint density at radius 2 is 2.00 bits per heavy atom. The molecule has 24 heavy (non-hydrogen) atoms. The number of rotatable bonds is 6. The first-order valence-corrected chi connectivity index (χ1v) is 7.37. The van der Waals surface area contributed by atoms with Crippen LogP contribution in [0.2, 0.25) is 0 Å². The van der Waals surface area contributed by atoms with Gasteiger partial charge in [0.1, 0.15) is 35.9 Å². The quantitative estimate of drug-likeness (QED) is 0.329. The molecule has 0 saturated carbocycles. The first kappa shape index (κ1) is 18.4. The van der Waals surface area contributed by atoms with Gasteiger partial charge in [-0.15, -0.1) is 0 Å². The van der Waals surface area contributed by atoms with Crippen LogP contribution in [0.4, 0.5) is 11.4 Å². The predicted molar refractivity (Wildman–Crippen MR) is 81.7 cm³/mol. The molecule has 10 nitrogen and oxygen atoms in total. The summed E-state index contributed by atoms with van der Waals surface area (Å²) in [6.07, 6.45) is -6.98. The fourth-order valence-electron chi connectivity index (χ4n) is 2.42. The molecule has 0 bridgehead atoms. The van der Waals surface area contributed by atoms with Gasteiger partial charge in [0.05, 0.1) is 24.2 Å². The van der Waals surface area contributed by atoms with E-state index in [1.165, 1.54) is 18.2 Å². The Bertz CT molecular complexity index is 582. The number of benzene rings is 1. The van der Waals surface area contributed by atoms with Crippen LogP contribution in [-0.2, 0) is 4.74 Å². The molecule has 0 spiro atoms. The second kappa shape index (κ2) is 7.73. The standard InChI is InChI=1S/C14H20N2O8/c1-2-23-7-3-4-8(9(5-7)16(21)22)15-14-13(20)12(19)11(18)10(6-17)24-14/h3-5,10-15,17-20H,2,6H2,1H3/t10-,11+,12+,13+,14-/m1/s1. The topological polar surface area (TPSA) is 155 Å². The Kier molecular flexibility index (Phi) is 5.91. The van der Waals surface area contributed by atoms with Crippen molar-refractivity contribution in [2.24, 2.45) is 0 Å². The number of nitro groups is 1. The predicted octanol–water partition coefficient (Wildman–Crippen LogP) is -0.795. The number of ether oxygens (including phenoxy) is 2. The molecule has 1 aromatic carbocycles. The maximum atomic E-state index is 11.2. The van der Waals surface area contributed by atoms with Gasteiger partial charge in [0.25, 0.3) is 5.69 Å². The van der Waals surface area contributed by atoms with Gasteiger partial charge in [-0.1, -0.05) is 0 Å². The zero-order chi connectivity index (χ0) is 17.9. The van der Waals surface area contributed by atoms with E-state index in [-0.39, 0.29) is 11.4 Å². The summed E-state index contributed by atoms with van der Waals surface area (Å²) >= 11 is 0. The van der Waals surface area contributed by atoms with Gasteiger partial charge in [-0.05, 0) is 19.1 Å². The van der Waals surface area contributed by atoms with Crippen LogP contribution in [0.3, 0.4) is 0 Å². The van der Waals surface area contributed by atoms with Crippen molar-refractivity contribution >= 4 is 11.4 Å². The fraction of sp³-hybridized carbons (Fsp3) is 0.571. The second-order valence-corrected chi connectivity index (χ2v) is 5.26. The molecule has 1 saturated heterocycles. The van der Waals surface area contributed by atoms with Gasteiger partial charge in [-0.25, -0.2) is 0 Å². The van der Waals surface area contributed by atoms with Gasteiger partial charge in [0, 0.05) is 0 Å². The van der Waals surface area contributed by atoms with Crippen molar-refractivity contribution in [3.8, 4) is 5.75 Å². The molecule has 0 unspecified atom stereocenters. The molecule has 1 fully saturated rings. The summed E-state index contributed by atoms with van der Waals surface area (Å²) in [5.41, 5.74) is -0.273. The molecule has 10 heteroatoms. The number of hydrogen-bond donors (Lipinski definition) is 5. The van der Waals surface area contributed by atoms with Crippen LogP contribution >= 0.6 is 0 Å². The molecule has 5 N–H and O–H groups in total. The molecule has 0 aliphatic carbocycles. The highest BCUT2D eigenvalue weighted by Crippen LogP contribution is 2.31. The zero-order valence-electron chi connectivity index (χ0n) is 12.9. The van der Waals surface area contributed by atoms with E-state index < -0.39 is 42.2 Å². The number of nitro benzene ring substituents is 1. The summed E-state index contributed by atoms with van der Waals surface area (Å²) in [4.78, 5) is 10.6. The smallest absolute Gasteiger partial charge is 0.296 e. The van der Waals surface area contributed by atoms with E-state index >= 15 is 0 Å². The molecule has 1 aromatic rings. The number of anilines is 1. The maximum absolute atomic E-state index is 11.2. The number of hydrogen-bond acceptors (Lipinski definition) is 9. The van der Waals surface area contributed by atoms with Crippen molar-refractivity contribution < 1.29 is 34.8 Å². The second-order valence-electron chi connectivity index (χ2n) is 5.26. The summed E-state index contributed by atoms with van der Waals surface area (Å²) < 4.78 is 10.5. The van der Waals surface area contributed by atoms with Gasteiger partial charge in [-0.3, -0.25) is 10.1 Å². The van der Waals surface area contributed by atoms with Gasteiger partial charge in [0.2, 0.25) is 0 Å². The van der Waals surface area contributed by atoms with Crippen LogP contribution in [0, 0.1) is 10.1 Å². The molecular formula is C14H20N2O8. The third-order valence-corrected chi connectivity index (χ3v) is 3.67. The van der Waals surface area contributed by atoms with Crippen LogP contribution in [0.25, 0.3) is 0 Å². The lowest BCUT2D eigenvalue weighted by Crippen LogP contribution is -2.60. The average molecular weight is 344 g/mol. The first-order valence-electron chi connectivity index (χ1n) is 7.37. The highest BCUT2D eigenvalue weighted by Gasteiger charge is 2.43. The van der Waals surface area contributed by atoms with Crippen molar-refractivity contribution in [3.63, 3.8) is 0 Å². The van der Waals surface area contributed by atoms with E-state index in [9.17, 15) is 25.4 Å². The van der Waals surface area contributed by atoms with E-state index in [4.69, 9.17) is 14.6 Å². The Labute approximate surface area is 137 Å². The maximum Gasteiger partial charge on any atom is 0.296 e. The van der Waals surface area contributed by atoms with E-state index in [2.05, 4.69) is 5.32 Å². The number of nitrogens with zero attached hydrogens (tertiary/aromatic N) is 1. The third kappa shape index (κ3) is 3.74. The molecule has 1 heterocycles. The van der Waals surface area contributed by atoms with Gasteiger partial charge < -0.3 is 35.2 Å². The monoisotopic (exact) mass is 344 g/mol. The van der Waals surface area contributed by atoms with Crippen molar-refractivity contribution in [3.05, 3.63) is 28.3 Å². The minimum Gasteiger partial charge on any atom is -0.494 e. The van der Waals surface area contributed by atoms with E-state index in [0.29, 0.717) is 12.4 Å². The lowest BCUT2D eigenvalue weighted by Gasteiger charge is -2.40. The highest BCUT2D eigenvalue weighted by atomic mass is 16.6. The SMILES string of the molecule is CCOc1ccc(N[C@@H]2O[C@H](CO)[C@H](O)[C@H](O)[C@@H]2O)c([N+](=O)[O-])c1. The van der Waals surface area contributed by atoms with Crippen molar-refractivity contribution in [2.75, 3.05) is 18.5 Å². The van der Waals surface area contributed by atoms with Crippen LogP contribution in [0.1, 0.15) is 6.92 Å². The first-order chi connectivity index (χ1) is 11.4. The van der Waals surface area contributed by atoms with Crippen molar-refractivity contribution in [2.45, 2.75) is 37.6 Å². The summed E-state index contributed by atoms with van der Waals surface area (Å²) in [6.45, 7) is 1.50. The van der Waals surface area contributed by atoms with Gasteiger partial charge in [0.15, 0.2) is 6.23 Å². The van der Waals surface area contributed by atoms with Crippen LogP contribution in [0.5, 0.6) is 5.75 Å². The fourth-order valence-corrected chi connectivity index (χ4v) is 2.42. The molecule has 0 aromatic heterocycles. The summed E-state index contributed by atoms with van der Waals surface area (Å²) in [5.74, 6) is 0.309. The van der Waals surface area contributed by atoms with Crippen molar-refractivity contribution in [1.29, 1.82) is 0 Å². The Balaban J connectivity index is 2.24. The zero-order valence-corrected chi connectivity index (χ0v) is 12.9. The summed E-state index contributed by atoms with van der Waals surface area (Å²) in [7, 11) is 0. The molecule has 0 amide bonds. The van der Waals surface area contributed by atoms with Gasteiger partial charge >= 0.3 is 0 Å². The third-order valence-electron chi connectivity index (χ3n) is 3.67. The Morgan fingerprint density at radius 3 is 2.58 bits per heavy atom. The largest absolute Gasteiger partial charge is 0.494 e. The van der Waals surface area contributed by atoms with Crippen LogP contribution in [-0.4, -0.2) is 69.2 Å². The minimum absolute atomic E-state index is 0.0350. The molecule has 1 aliphatic rings. The summed E-state index contributed by atoms with van der Waals surface area (Å²) in [5, 5.41) is 52.4. The van der Waals surface area contributed by atoms with Crippen LogP contribution in [0.15, 0.2) is 18.2 Å². The summed E-state index contributed by atoms with van der Waals surface area (Å²) in [6, 6.07) is 4.10. The van der Waals surface area contributed by atoms with Crippen LogP contribution < -0.4 is 10.1 Å². The highest BCUT2D eigenvalue weighted by molar-refractivity contribution is 5.64. The Morgan fingerprint density at radius 1 is 1.29 bits per heavy atom. The van der Waals surface area contributed by atoms with E-state index in [0.717, 1.165) is 0 Å². The normalized spacial score (nSPS) is 30.0. The molecule has 134 valence electrons. The van der Waals surface area contributed by atoms with E-state index in [1.807, 2.05) is 0 Å². The molecule has 0 radical (unpaired) electrons. The molecular weight excluding hydrogens is 324 g/mol. The lowest BCUT2D eigenvalue weighted by atomic mass is 9.98. The number of aliphatic hydroxyl groups is 4. The minimum atomic E-state index is -1.57. The molecule has 1 aliphatic heterocycles. The van der Waals surface area contributed by atoms with Crippen molar-refractivity contribution in [1.82, 2.24) is 0 Å². The van der Waals surface area contributed by atoms with E-state index in [1.54, 1.807) is 6.92 Å². The number of nitrogens with one attached hydrogen (secondary N) is 1.